The van der Waals surface area contributed by atoms with Gasteiger partial charge in [-0.25, -0.2) is 9.67 Å². The molecule has 0 saturated carbocycles. The molecule has 2 heterocycles. The molecule has 2 aromatic heterocycles. The fourth-order valence-corrected chi connectivity index (χ4v) is 2.31. The summed E-state index contributed by atoms with van der Waals surface area (Å²) in [5, 5.41) is 4.79. The van der Waals surface area contributed by atoms with Crippen LogP contribution in [0.3, 0.4) is 0 Å². The van der Waals surface area contributed by atoms with E-state index in [9.17, 15) is 0 Å². The monoisotopic (exact) mass is 335 g/mol. The molecule has 0 saturated heterocycles. The van der Waals surface area contributed by atoms with Crippen LogP contribution in [0.25, 0.3) is 5.82 Å². The number of hydrogen-bond acceptors (Lipinski definition) is 2. The van der Waals surface area contributed by atoms with Gasteiger partial charge < -0.3 is 0 Å². The molecular formula is C16H22BrN3. The third kappa shape index (κ3) is 3.11. The molecule has 20 heavy (non-hydrogen) atoms. The molecular weight excluding hydrogens is 314 g/mol. The third-order valence-electron chi connectivity index (χ3n) is 3.16. The van der Waals surface area contributed by atoms with E-state index in [0.29, 0.717) is 0 Å². The Morgan fingerprint density at radius 2 is 1.65 bits per heavy atom. The summed E-state index contributed by atoms with van der Waals surface area (Å²) < 4.78 is 2.79. The second-order valence-electron chi connectivity index (χ2n) is 7.15. The predicted octanol–water partition coefficient (Wildman–Crippen LogP) is 4.62. The van der Waals surface area contributed by atoms with Crippen LogP contribution in [0, 0.1) is 0 Å². The van der Waals surface area contributed by atoms with Crippen LogP contribution in [-0.2, 0) is 10.8 Å². The first-order valence-electron chi connectivity index (χ1n) is 6.83. The van der Waals surface area contributed by atoms with E-state index in [-0.39, 0.29) is 10.8 Å². The molecule has 3 nitrogen and oxygen atoms in total. The van der Waals surface area contributed by atoms with Crippen molar-refractivity contribution >= 4 is 15.9 Å². The molecule has 0 aliphatic rings. The molecule has 0 unspecified atom stereocenters. The van der Waals surface area contributed by atoms with Gasteiger partial charge in [-0.05, 0) is 34.1 Å². The van der Waals surface area contributed by atoms with Gasteiger partial charge in [0, 0.05) is 10.8 Å². The zero-order valence-corrected chi connectivity index (χ0v) is 14.6. The van der Waals surface area contributed by atoms with Crippen molar-refractivity contribution in [3.63, 3.8) is 0 Å². The fraction of sp³-hybridized carbons (Fsp3) is 0.500. The van der Waals surface area contributed by atoms with E-state index in [4.69, 9.17) is 5.10 Å². The SMILES string of the molecule is CC(C)(C)c1cc(C(C)(C)C)n(-c2cccc(Br)n2)n1. The molecule has 0 aliphatic heterocycles. The summed E-state index contributed by atoms with van der Waals surface area (Å²) in [6.07, 6.45) is 0. The van der Waals surface area contributed by atoms with Crippen molar-refractivity contribution in [2.45, 2.75) is 52.4 Å². The Morgan fingerprint density at radius 3 is 2.15 bits per heavy atom. The zero-order chi connectivity index (χ0) is 15.1. The Labute approximate surface area is 129 Å². The number of nitrogens with zero attached hydrogens (tertiary/aromatic N) is 3. The average Bonchev–Trinajstić information content (AvgIpc) is 2.72. The predicted molar refractivity (Wildman–Crippen MR) is 86.5 cm³/mol. The maximum Gasteiger partial charge on any atom is 0.154 e. The van der Waals surface area contributed by atoms with E-state index in [1.165, 1.54) is 5.69 Å². The Kier molecular flexibility index (Phi) is 3.80. The lowest BCUT2D eigenvalue weighted by Gasteiger charge is -2.19. The Hall–Kier alpha value is -1.16. The molecule has 0 radical (unpaired) electrons. The van der Waals surface area contributed by atoms with Gasteiger partial charge in [0.25, 0.3) is 0 Å². The molecule has 0 fully saturated rings. The van der Waals surface area contributed by atoms with Gasteiger partial charge in [0.15, 0.2) is 5.82 Å². The van der Waals surface area contributed by atoms with E-state index in [1.54, 1.807) is 0 Å². The molecule has 0 atom stereocenters. The van der Waals surface area contributed by atoms with Crippen molar-refractivity contribution in [3.8, 4) is 5.82 Å². The van der Waals surface area contributed by atoms with Crippen molar-refractivity contribution in [2.24, 2.45) is 0 Å². The second kappa shape index (κ2) is 4.99. The summed E-state index contributed by atoms with van der Waals surface area (Å²) in [6, 6.07) is 8.09. The topological polar surface area (TPSA) is 30.7 Å². The van der Waals surface area contributed by atoms with Gasteiger partial charge in [0.05, 0.1) is 11.4 Å². The van der Waals surface area contributed by atoms with Crippen LogP contribution in [0.2, 0.25) is 0 Å². The number of halogens is 1. The van der Waals surface area contributed by atoms with Gasteiger partial charge in [-0.1, -0.05) is 47.6 Å². The van der Waals surface area contributed by atoms with Crippen molar-refractivity contribution in [1.82, 2.24) is 14.8 Å². The first kappa shape index (κ1) is 15.2. The van der Waals surface area contributed by atoms with Gasteiger partial charge in [0.2, 0.25) is 0 Å². The van der Waals surface area contributed by atoms with Gasteiger partial charge in [-0.2, -0.15) is 5.10 Å². The first-order chi connectivity index (χ1) is 9.09. The lowest BCUT2D eigenvalue weighted by atomic mass is 9.88. The minimum atomic E-state index is 0.0144. The molecule has 0 amide bonds. The first-order valence-corrected chi connectivity index (χ1v) is 7.62. The minimum Gasteiger partial charge on any atom is -0.222 e. The summed E-state index contributed by atoms with van der Waals surface area (Å²) in [4.78, 5) is 4.53. The van der Waals surface area contributed by atoms with E-state index in [2.05, 4.69) is 68.5 Å². The van der Waals surface area contributed by atoms with Crippen molar-refractivity contribution in [2.75, 3.05) is 0 Å². The van der Waals surface area contributed by atoms with E-state index in [1.807, 2.05) is 22.9 Å². The number of pyridine rings is 1. The van der Waals surface area contributed by atoms with Crippen molar-refractivity contribution < 1.29 is 0 Å². The Bertz CT molecular complexity index is 615. The fourth-order valence-electron chi connectivity index (χ4n) is 1.97. The maximum atomic E-state index is 4.79. The Balaban J connectivity index is 2.65. The van der Waals surface area contributed by atoms with E-state index < -0.39 is 0 Å². The zero-order valence-electron chi connectivity index (χ0n) is 13.0. The lowest BCUT2D eigenvalue weighted by Crippen LogP contribution is -2.18. The highest BCUT2D eigenvalue weighted by molar-refractivity contribution is 9.10. The molecule has 0 spiro atoms. The smallest absolute Gasteiger partial charge is 0.154 e. The summed E-state index contributed by atoms with van der Waals surface area (Å²) in [6.45, 7) is 13.1. The Morgan fingerprint density at radius 1 is 1.00 bits per heavy atom. The molecule has 108 valence electrons. The number of aromatic nitrogens is 3. The highest BCUT2D eigenvalue weighted by Gasteiger charge is 2.26. The molecule has 2 aromatic rings. The molecule has 0 bridgehead atoms. The lowest BCUT2D eigenvalue weighted by molar-refractivity contribution is 0.534. The van der Waals surface area contributed by atoms with E-state index in [0.717, 1.165) is 16.1 Å². The highest BCUT2D eigenvalue weighted by Crippen LogP contribution is 2.30. The normalized spacial score (nSPS) is 12.8. The summed E-state index contributed by atoms with van der Waals surface area (Å²) in [7, 11) is 0. The number of hydrogen-bond donors (Lipinski definition) is 0. The maximum absolute atomic E-state index is 4.79. The van der Waals surface area contributed by atoms with Gasteiger partial charge >= 0.3 is 0 Å². The van der Waals surface area contributed by atoms with Crippen LogP contribution in [-0.4, -0.2) is 14.8 Å². The molecule has 0 aliphatic carbocycles. The molecule has 0 N–H and O–H groups in total. The van der Waals surface area contributed by atoms with Crippen LogP contribution in [0.15, 0.2) is 28.9 Å². The van der Waals surface area contributed by atoms with Gasteiger partial charge in [-0.3, -0.25) is 0 Å². The van der Waals surface area contributed by atoms with Crippen LogP contribution >= 0.6 is 15.9 Å². The van der Waals surface area contributed by atoms with Gasteiger partial charge in [0.1, 0.15) is 4.60 Å². The standard InChI is InChI=1S/C16H22BrN3/c1-15(2,3)11-10-12(16(4,5)6)20(19-11)14-9-7-8-13(17)18-14/h7-10H,1-6H3. The van der Waals surface area contributed by atoms with E-state index >= 15 is 0 Å². The summed E-state index contributed by atoms with van der Waals surface area (Å²) in [5.41, 5.74) is 2.30. The van der Waals surface area contributed by atoms with Crippen molar-refractivity contribution in [3.05, 3.63) is 40.3 Å². The van der Waals surface area contributed by atoms with Crippen LogP contribution < -0.4 is 0 Å². The van der Waals surface area contributed by atoms with Gasteiger partial charge in [-0.15, -0.1) is 0 Å². The van der Waals surface area contributed by atoms with Crippen LogP contribution in [0.4, 0.5) is 0 Å². The minimum absolute atomic E-state index is 0.0144. The number of rotatable bonds is 1. The second-order valence-corrected chi connectivity index (χ2v) is 7.96. The van der Waals surface area contributed by atoms with Crippen molar-refractivity contribution in [1.29, 1.82) is 0 Å². The average molecular weight is 336 g/mol. The third-order valence-corrected chi connectivity index (χ3v) is 3.61. The molecule has 2 rings (SSSR count). The largest absolute Gasteiger partial charge is 0.222 e. The van der Waals surface area contributed by atoms with Crippen LogP contribution in [0.1, 0.15) is 52.9 Å². The molecule has 0 aromatic carbocycles. The summed E-state index contributed by atoms with van der Waals surface area (Å²) in [5.74, 6) is 0.847. The molecule has 4 heteroatoms. The van der Waals surface area contributed by atoms with Crippen LogP contribution in [0.5, 0.6) is 0 Å². The highest BCUT2D eigenvalue weighted by atomic mass is 79.9. The summed E-state index contributed by atoms with van der Waals surface area (Å²) >= 11 is 3.43. The quantitative estimate of drug-likeness (QED) is 0.711.